The van der Waals surface area contributed by atoms with Crippen LogP contribution in [-0.4, -0.2) is 12.1 Å². The molecule has 0 aromatic carbocycles. The first-order valence-electron chi connectivity index (χ1n) is 4.01. The molecule has 0 bridgehead atoms. The van der Waals surface area contributed by atoms with Crippen LogP contribution in [0.5, 0.6) is 5.88 Å². The summed E-state index contributed by atoms with van der Waals surface area (Å²) in [4.78, 5) is 3.87. The summed E-state index contributed by atoms with van der Waals surface area (Å²) in [6.45, 7) is 5.81. The minimum atomic E-state index is 0.411. The van der Waals surface area contributed by atoms with Gasteiger partial charge in [0.25, 0.3) is 0 Å². The van der Waals surface area contributed by atoms with Gasteiger partial charge in [0, 0.05) is 6.20 Å². The third-order valence-electron chi connectivity index (χ3n) is 1.36. The summed E-state index contributed by atoms with van der Waals surface area (Å²) in [7, 11) is 1.52. The van der Waals surface area contributed by atoms with Crippen LogP contribution < -0.4 is 4.74 Å². The highest BCUT2D eigenvalue weighted by Gasteiger charge is 2.07. The monoisotopic (exact) mass is 221 g/mol. The van der Waals surface area contributed by atoms with Crippen LogP contribution in [0.25, 0.3) is 0 Å². The van der Waals surface area contributed by atoms with E-state index in [-0.39, 0.29) is 0 Å². The van der Waals surface area contributed by atoms with Gasteiger partial charge in [0.05, 0.1) is 12.1 Å². The number of pyridine rings is 1. The van der Waals surface area contributed by atoms with Crippen molar-refractivity contribution < 1.29 is 4.74 Å². The Hall–Kier alpha value is -0.470. The fourth-order valence-corrected chi connectivity index (χ4v) is 1.10. The summed E-state index contributed by atoms with van der Waals surface area (Å²) >= 11 is 11.6. The molecule has 0 aliphatic carbocycles. The largest absolute Gasteiger partial charge is 0.480 e. The molecule has 0 radical (unpaired) electrons. The van der Waals surface area contributed by atoms with Gasteiger partial charge in [0.15, 0.2) is 0 Å². The minimum absolute atomic E-state index is 0.411. The Kier molecular flexibility index (Phi) is 5.84. The van der Waals surface area contributed by atoms with Gasteiger partial charge in [-0.2, -0.15) is 0 Å². The van der Waals surface area contributed by atoms with Crippen molar-refractivity contribution in [3.05, 3.63) is 21.8 Å². The van der Waals surface area contributed by atoms with Gasteiger partial charge < -0.3 is 4.74 Å². The van der Waals surface area contributed by atoms with Gasteiger partial charge in [-0.1, -0.05) is 37.0 Å². The van der Waals surface area contributed by atoms with E-state index >= 15 is 0 Å². The first-order valence-corrected chi connectivity index (χ1v) is 4.77. The molecule has 0 spiro atoms. The van der Waals surface area contributed by atoms with Crippen molar-refractivity contribution in [1.29, 1.82) is 0 Å². The Morgan fingerprint density at radius 1 is 1.31 bits per heavy atom. The maximum atomic E-state index is 5.83. The van der Waals surface area contributed by atoms with Crippen molar-refractivity contribution >= 4 is 23.2 Å². The topological polar surface area (TPSA) is 22.1 Å². The van der Waals surface area contributed by atoms with Crippen molar-refractivity contribution in [1.82, 2.24) is 4.98 Å². The number of hydrogen-bond donors (Lipinski definition) is 0. The van der Waals surface area contributed by atoms with Gasteiger partial charge >= 0.3 is 0 Å². The fourth-order valence-electron chi connectivity index (χ4n) is 0.676. The summed E-state index contributed by atoms with van der Waals surface area (Å²) < 4.78 is 4.88. The van der Waals surface area contributed by atoms with E-state index in [2.05, 4.69) is 4.98 Å². The molecular formula is C9H13Cl2NO. The molecule has 13 heavy (non-hydrogen) atoms. The van der Waals surface area contributed by atoms with Crippen molar-refractivity contribution in [2.24, 2.45) is 0 Å². The summed E-state index contributed by atoms with van der Waals surface area (Å²) in [5, 5.41) is 1.02. The zero-order chi connectivity index (χ0) is 10.4. The Morgan fingerprint density at radius 2 is 1.85 bits per heavy atom. The Bertz CT molecular complexity index is 277. The standard InChI is InChI=1S/C7H7Cl2NO.C2H6/c1-4-5(8)3-10-7(11-2)6(4)9;1-2/h3H,1-2H3;1-2H3. The molecule has 0 atom stereocenters. The van der Waals surface area contributed by atoms with Crippen LogP contribution in [-0.2, 0) is 0 Å². The Morgan fingerprint density at radius 3 is 2.31 bits per heavy atom. The molecule has 0 saturated carbocycles. The lowest BCUT2D eigenvalue weighted by Crippen LogP contribution is -1.90. The summed E-state index contributed by atoms with van der Waals surface area (Å²) in [5.74, 6) is 0.411. The van der Waals surface area contributed by atoms with Crippen molar-refractivity contribution in [2.45, 2.75) is 20.8 Å². The van der Waals surface area contributed by atoms with Gasteiger partial charge in [-0.3, -0.25) is 0 Å². The molecule has 2 nitrogen and oxygen atoms in total. The van der Waals surface area contributed by atoms with Crippen LogP contribution in [0.2, 0.25) is 10.0 Å². The molecule has 1 aromatic rings. The Labute approximate surface area is 88.8 Å². The SMILES string of the molecule is CC.COc1ncc(Cl)c(C)c1Cl. The smallest absolute Gasteiger partial charge is 0.232 e. The predicted octanol–water partition coefficient (Wildman–Crippen LogP) is 3.73. The highest BCUT2D eigenvalue weighted by atomic mass is 35.5. The van der Waals surface area contributed by atoms with E-state index in [1.54, 1.807) is 0 Å². The number of hydrogen-bond acceptors (Lipinski definition) is 2. The van der Waals surface area contributed by atoms with Crippen molar-refractivity contribution in [3.8, 4) is 5.88 Å². The highest BCUT2D eigenvalue weighted by Crippen LogP contribution is 2.29. The first kappa shape index (κ1) is 12.5. The number of halogens is 2. The van der Waals surface area contributed by atoms with Gasteiger partial charge in [-0.05, 0) is 12.5 Å². The molecule has 0 amide bonds. The van der Waals surface area contributed by atoms with Crippen LogP contribution in [0.15, 0.2) is 6.20 Å². The second-order valence-corrected chi connectivity index (χ2v) is 2.84. The molecule has 0 aliphatic heterocycles. The average molecular weight is 222 g/mol. The molecule has 74 valence electrons. The van der Waals surface area contributed by atoms with E-state index in [0.717, 1.165) is 5.56 Å². The van der Waals surface area contributed by atoms with E-state index in [4.69, 9.17) is 27.9 Å². The number of rotatable bonds is 1. The lowest BCUT2D eigenvalue weighted by atomic mass is 10.3. The normalized spacial score (nSPS) is 8.77. The maximum Gasteiger partial charge on any atom is 0.232 e. The fraction of sp³-hybridized carbons (Fsp3) is 0.444. The Balaban J connectivity index is 0.000000671. The summed E-state index contributed by atoms with van der Waals surface area (Å²) in [5.41, 5.74) is 0.792. The quantitative estimate of drug-likeness (QED) is 0.722. The second kappa shape index (κ2) is 6.06. The van der Waals surface area contributed by atoms with Crippen LogP contribution in [0.1, 0.15) is 19.4 Å². The van der Waals surface area contributed by atoms with E-state index in [1.165, 1.54) is 13.3 Å². The van der Waals surface area contributed by atoms with E-state index < -0.39 is 0 Å². The molecule has 0 aliphatic rings. The molecule has 0 fully saturated rings. The average Bonchev–Trinajstić information content (AvgIpc) is 2.18. The molecule has 0 unspecified atom stereocenters. The van der Waals surface area contributed by atoms with Crippen molar-refractivity contribution in [2.75, 3.05) is 7.11 Å². The van der Waals surface area contributed by atoms with Crippen LogP contribution in [0.3, 0.4) is 0 Å². The molecular weight excluding hydrogens is 209 g/mol. The lowest BCUT2D eigenvalue weighted by molar-refractivity contribution is 0.398. The second-order valence-electron chi connectivity index (χ2n) is 2.05. The zero-order valence-electron chi connectivity index (χ0n) is 8.19. The zero-order valence-corrected chi connectivity index (χ0v) is 9.70. The lowest BCUT2D eigenvalue weighted by Gasteiger charge is -2.04. The van der Waals surface area contributed by atoms with Crippen LogP contribution in [0, 0.1) is 6.92 Å². The van der Waals surface area contributed by atoms with E-state index in [1.807, 2.05) is 20.8 Å². The minimum Gasteiger partial charge on any atom is -0.480 e. The van der Waals surface area contributed by atoms with Crippen LogP contribution in [0.4, 0.5) is 0 Å². The molecule has 4 heteroatoms. The first-order chi connectivity index (χ1) is 6.16. The van der Waals surface area contributed by atoms with Crippen molar-refractivity contribution in [3.63, 3.8) is 0 Å². The van der Waals surface area contributed by atoms with E-state index in [9.17, 15) is 0 Å². The third kappa shape index (κ3) is 3.05. The third-order valence-corrected chi connectivity index (χ3v) is 2.19. The molecule has 1 rings (SSSR count). The molecule has 1 aromatic heterocycles. The number of aromatic nitrogens is 1. The predicted molar refractivity (Wildman–Crippen MR) is 56.9 cm³/mol. The molecule has 1 heterocycles. The van der Waals surface area contributed by atoms with Crippen LogP contribution >= 0.6 is 23.2 Å². The maximum absolute atomic E-state index is 5.83. The molecule has 0 N–H and O–H groups in total. The number of ether oxygens (including phenoxy) is 1. The van der Waals surface area contributed by atoms with E-state index in [0.29, 0.717) is 15.9 Å². The highest BCUT2D eigenvalue weighted by molar-refractivity contribution is 6.36. The van der Waals surface area contributed by atoms with Gasteiger partial charge in [-0.25, -0.2) is 4.98 Å². The summed E-state index contributed by atoms with van der Waals surface area (Å²) in [6, 6.07) is 0. The van der Waals surface area contributed by atoms with Gasteiger partial charge in [0.2, 0.25) is 5.88 Å². The van der Waals surface area contributed by atoms with Gasteiger partial charge in [0.1, 0.15) is 5.02 Å². The summed E-state index contributed by atoms with van der Waals surface area (Å²) in [6.07, 6.45) is 1.52. The number of nitrogens with zero attached hydrogens (tertiary/aromatic N) is 1. The van der Waals surface area contributed by atoms with Gasteiger partial charge in [-0.15, -0.1) is 0 Å². The number of methoxy groups -OCH3 is 1. The molecule has 0 saturated heterocycles.